The van der Waals surface area contributed by atoms with Gasteiger partial charge in [0.05, 0.1) is 40.2 Å². The van der Waals surface area contributed by atoms with Gasteiger partial charge in [0.1, 0.15) is 5.97 Å². The standard InChI is InChI=1S/C25H32N2O4.C2HF3O2/c1-5-6-7-8-19-9-11-20(12-10-19)13-14-22-15-16-23(31-22)25(30)26-21(17-24(28)29)18-27(2,3)4;3-2(4,5)1(6)7/h9-12,15-16,21H,5-8,17-18H2,1-4H3,(H-,26,28,29,30);(H,6,7). The van der Waals surface area contributed by atoms with Crippen molar-refractivity contribution in [1.29, 1.82) is 0 Å². The summed E-state index contributed by atoms with van der Waals surface area (Å²) >= 11 is 0. The number of benzene rings is 1. The van der Waals surface area contributed by atoms with Crippen molar-refractivity contribution in [3.05, 3.63) is 59.0 Å². The lowest BCUT2D eigenvalue weighted by atomic mass is 10.1. The van der Waals surface area contributed by atoms with Crippen molar-refractivity contribution in [1.82, 2.24) is 5.32 Å². The maximum Gasteiger partial charge on any atom is 0.430 e. The molecule has 0 saturated heterocycles. The maximum absolute atomic E-state index is 12.5. The van der Waals surface area contributed by atoms with Crippen molar-refractivity contribution >= 4 is 17.8 Å². The lowest BCUT2D eigenvalue weighted by Gasteiger charge is -2.28. The van der Waals surface area contributed by atoms with Crippen LogP contribution in [-0.4, -0.2) is 67.3 Å². The Labute approximate surface area is 220 Å². The zero-order chi connectivity index (χ0) is 28.9. The Morgan fingerprint density at radius 2 is 1.66 bits per heavy atom. The van der Waals surface area contributed by atoms with Crippen LogP contribution in [0.4, 0.5) is 13.2 Å². The fourth-order valence-corrected chi connectivity index (χ4v) is 3.28. The number of unbranched alkanes of at least 4 members (excludes halogenated alkanes) is 2. The third-order valence-electron chi connectivity index (χ3n) is 4.94. The molecule has 8 nitrogen and oxygen atoms in total. The van der Waals surface area contributed by atoms with Gasteiger partial charge in [0.2, 0.25) is 0 Å². The molecule has 0 aliphatic heterocycles. The normalized spacial score (nSPS) is 11.9. The van der Waals surface area contributed by atoms with E-state index in [1.807, 2.05) is 33.3 Å². The Kier molecular flexibility index (Phi) is 12.6. The highest BCUT2D eigenvalue weighted by atomic mass is 19.4. The number of halogens is 3. The van der Waals surface area contributed by atoms with Crippen molar-refractivity contribution in [3.63, 3.8) is 0 Å². The number of aryl methyl sites for hydroxylation is 1. The zero-order valence-corrected chi connectivity index (χ0v) is 21.9. The fraction of sp³-hybridized carbons (Fsp3) is 0.444. The van der Waals surface area contributed by atoms with Gasteiger partial charge in [0, 0.05) is 5.56 Å². The number of hydrogen-bond acceptors (Lipinski definition) is 5. The average molecular weight is 539 g/mol. The van der Waals surface area contributed by atoms with E-state index in [1.165, 1.54) is 24.8 Å². The number of nitrogens with one attached hydrogen (secondary N) is 1. The second kappa shape index (κ2) is 14.8. The molecule has 0 aliphatic rings. The van der Waals surface area contributed by atoms with Gasteiger partial charge >= 0.3 is 12.1 Å². The van der Waals surface area contributed by atoms with Crippen molar-refractivity contribution in [2.75, 3.05) is 27.7 Å². The van der Waals surface area contributed by atoms with Gasteiger partial charge < -0.3 is 29.2 Å². The van der Waals surface area contributed by atoms with Crippen molar-refractivity contribution < 1.29 is 46.7 Å². The number of aliphatic carboxylic acids is 2. The molecule has 11 heteroatoms. The maximum atomic E-state index is 12.5. The Morgan fingerprint density at radius 1 is 1.05 bits per heavy atom. The monoisotopic (exact) mass is 538 g/mol. The molecular weight excluding hydrogens is 505 g/mol. The molecule has 2 aromatic rings. The summed E-state index contributed by atoms with van der Waals surface area (Å²) in [5, 5.41) is 20.7. The zero-order valence-electron chi connectivity index (χ0n) is 21.9. The van der Waals surface area contributed by atoms with Crippen LogP contribution in [0.25, 0.3) is 0 Å². The van der Waals surface area contributed by atoms with Crippen LogP contribution in [0.1, 0.15) is 60.0 Å². The Bertz CT molecular complexity index is 1120. The van der Waals surface area contributed by atoms with Crippen LogP contribution in [-0.2, 0) is 16.0 Å². The number of carbonyl (C=O) groups is 3. The lowest BCUT2D eigenvalue weighted by Crippen LogP contribution is -2.49. The van der Waals surface area contributed by atoms with Gasteiger partial charge in [-0.25, -0.2) is 0 Å². The largest absolute Gasteiger partial charge is 0.542 e. The number of furan rings is 1. The van der Waals surface area contributed by atoms with E-state index in [0.29, 0.717) is 16.8 Å². The fourth-order valence-electron chi connectivity index (χ4n) is 3.28. The summed E-state index contributed by atoms with van der Waals surface area (Å²) in [5.74, 6) is 2.09. The summed E-state index contributed by atoms with van der Waals surface area (Å²) in [7, 11) is 5.83. The highest BCUT2D eigenvalue weighted by Crippen LogP contribution is 2.12. The first-order chi connectivity index (χ1) is 17.6. The van der Waals surface area contributed by atoms with Gasteiger partial charge in [-0.05, 0) is 48.6 Å². The molecule has 2 N–H and O–H groups in total. The van der Waals surface area contributed by atoms with Gasteiger partial charge in [0.25, 0.3) is 5.91 Å². The Balaban J connectivity index is 0.000000905. The minimum Gasteiger partial charge on any atom is -0.542 e. The second-order valence-electron chi connectivity index (χ2n) is 9.59. The second-order valence-corrected chi connectivity index (χ2v) is 9.59. The first-order valence-electron chi connectivity index (χ1n) is 11.9. The van der Waals surface area contributed by atoms with Crippen LogP contribution in [0.15, 0.2) is 40.8 Å². The van der Waals surface area contributed by atoms with Crippen molar-refractivity contribution in [3.8, 4) is 11.8 Å². The summed E-state index contributed by atoms with van der Waals surface area (Å²) in [6, 6.07) is 10.9. The first-order valence-corrected chi connectivity index (χ1v) is 11.9. The summed E-state index contributed by atoms with van der Waals surface area (Å²) in [4.78, 5) is 32.4. The number of alkyl halides is 3. The van der Waals surface area contributed by atoms with E-state index in [9.17, 15) is 22.8 Å². The molecule has 1 aromatic heterocycles. The number of likely N-dealkylation sites (N-methyl/N-ethyl adjacent to an activating group) is 1. The molecule has 0 aliphatic carbocycles. The van der Waals surface area contributed by atoms with Gasteiger partial charge in [-0.1, -0.05) is 37.8 Å². The van der Waals surface area contributed by atoms with E-state index in [4.69, 9.17) is 19.4 Å². The SMILES string of the molecule is CCCCCc1ccc(C#Cc2ccc(C(=O)NC(CC(=O)O)C[N+](C)(C)C)o2)cc1.O=C([O-])C(F)(F)F. The third kappa shape index (κ3) is 13.5. The molecule has 0 fully saturated rings. The number of nitrogens with zero attached hydrogens (tertiary/aromatic N) is 1. The van der Waals surface area contributed by atoms with Crippen LogP contribution in [0.5, 0.6) is 0 Å². The molecule has 0 radical (unpaired) electrons. The van der Waals surface area contributed by atoms with Crippen molar-refractivity contribution in [2.45, 2.75) is 51.2 Å². The van der Waals surface area contributed by atoms with E-state index in [-0.39, 0.29) is 12.2 Å². The Hall–Kier alpha value is -3.78. The molecule has 1 aromatic carbocycles. The average Bonchev–Trinajstić information content (AvgIpc) is 3.26. The molecule has 1 unspecified atom stereocenters. The van der Waals surface area contributed by atoms with Crippen LogP contribution < -0.4 is 10.4 Å². The molecule has 2 rings (SSSR count). The first kappa shape index (κ1) is 32.2. The molecule has 0 spiro atoms. The minimum absolute atomic E-state index is 0.118. The summed E-state index contributed by atoms with van der Waals surface area (Å²) in [5.41, 5.74) is 2.19. The van der Waals surface area contributed by atoms with Gasteiger partial charge in [0.15, 0.2) is 11.5 Å². The number of carbonyl (C=O) groups excluding carboxylic acids is 2. The van der Waals surface area contributed by atoms with E-state index < -0.39 is 30.1 Å². The highest BCUT2D eigenvalue weighted by molar-refractivity contribution is 5.92. The predicted molar refractivity (Wildman–Crippen MR) is 132 cm³/mol. The third-order valence-corrected chi connectivity index (χ3v) is 4.94. The molecule has 208 valence electrons. The number of hydrogen-bond donors (Lipinski definition) is 2. The van der Waals surface area contributed by atoms with E-state index >= 15 is 0 Å². The number of quaternary nitrogens is 1. The number of carboxylic acid groups (broad SMARTS) is 2. The quantitative estimate of drug-likeness (QED) is 0.273. The van der Waals surface area contributed by atoms with Crippen LogP contribution in [0, 0.1) is 11.8 Å². The molecule has 0 saturated carbocycles. The van der Waals surface area contributed by atoms with Crippen LogP contribution in [0.3, 0.4) is 0 Å². The van der Waals surface area contributed by atoms with Crippen LogP contribution >= 0.6 is 0 Å². The summed E-state index contributed by atoms with van der Waals surface area (Å²) in [6.07, 6.45) is -0.621. The van der Waals surface area contributed by atoms with Gasteiger partial charge in [-0.2, -0.15) is 13.2 Å². The van der Waals surface area contributed by atoms with Gasteiger partial charge in [-0.15, -0.1) is 0 Å². The lowest BCUT2D eigenvalue weighted by molar-refractivity contribution is -0.871. The smallest absolute Gasteiger partial charge is 0.430 e. The number of carboxylic acids is 2. The molecule has 1 heterocycles. The molecule has 38 heavy (non-hydrogen) atoms. The van der Waals surface area contributed by atoms with E-state index in [0.717, 1.165) is 12.0 Å². The van der Waals surface area contributed by atoms with Crippen LogP contribution in [0.2, 0.25) is 0 Å². The van der Waals surface area contributed by atoms with E-state index in [1.54, 1.807) is 12.1 Å². The van der Waals surface area contributed by atoms with E-state index in [2.05, 4.69) is 36.2 Å². The highest BCUT2D eigenvalue weighted by Gasteiger charge is 2.29. The predicted octanol–water partition coefficient (Wildman–Crippen LogP) is 2.99. The van der Waals surface area contributed by atoms with Gasteiger partial charge in [-0.3, -0.25) is 9.59 Å². The number of amides is 1. The molecule has 1 atom stereocenters. The summed E-state index contributed by atoms with van der Waals surface area (Å²) in [6.45, 7) is 2.68. The number of rotatable bonds is 10. The molecule has 0 bridgehead atoms. The minimum atomic E-state index is -5.19. The summed E-state index contributed by atoms with van der Waals surface area (Å²) < 4.78 is 37.6. The molecule has 1 amide bonds. The topological polar surface area (TPSA) is 120 Å². The molecular formula is C27H33F3N2O6. The van der Waals surface area contributed by atoms with Crippen molar-refractivity contribution in [2.24, 2.45) is 0 Å². The Morgan fingerprint density at radius 3 is 2.16 bits per heavy atom.